The minimum Gasteiger partial charge on any atom is -0.333 e. The molecule has 2 aromatic rings. The van der Waals surface area contributed by atoms with E-state index in [1.807, 2.05) is 0 Å². The van der Waals surface area contributed by atoms with Crippen molar-refractivity contribution in [1.82, 2.24) is 24.6 Å². The number of carbonyl (C=O) groups is 1. The number of amides is 1. The zero-order chi connectivity index (χ0) is 23.0. The van der Waals surface area contributed by atoms with Gasteiger partial charge in [-0.15, -0.1) is 0 Å². The average molecular weight is 460 g/mol. The molecule has 2 aliphatic rings. The zero-order valence-electron chi connectivity index (χ0n) is 16.5. The molecule has 172 valence electrons. The number of nitrogens with one attached hydrogen (secondary N) is 1. The summed E-state index contributed by atoms with van der Waals surface area (Å²) >= 11 is 0. The molecule has 2 aromatic heterocycles. The van der Waals surface area contributed by atoms with Crippen LogP contribution in [-0.2, 0) is 4.79 Å². The van der Waals surface area contributed by atoms with Crippen molar-refractivity contribution in [2.45, 2.75) is 56.9 Å². The first-order valence-electron chi connectivity index (χ1n) is 9.81. The van der Waals surface area contributed by atoms with Gasteiger partial charge in [-0.05, 0) is 24.8 Å². The number of alkyl halides is 5. The zero-order valence-corrected chi connectivity index (χ0v) is 16.5. The van der Waals surface area contributed by atoms with Crippen LogP contribution in [0.2, 0.25) is 0 Å². The van der Waals surface area contributed by atoms with Crippen LogP contribution in [0.3, 0.4) is 0 Å². The number of fused-ring (bicyclic) bond motifs is 2. The Balaban J connectivity index is 1.51. The fourth-order valence-corrected chi connectivity index (χ4v) is 4.06. The lowest BCUT2D eigenvalue weighted by atomic mass is 9.97. The Hall–Kier alpha value is -3.12. The van der Waals surface area contributed by atoms with E-state index >= 15 is 0 Å². The summed E-state index contributed by atoms with van der Waals surface area (Å²) in [6, 6.07) is -0.768. The molecule has 13 heteroatoms. The van der Waals surface area contributed by atoms with Gasteiger partial charge in [0.2, 0.25) is 11.9 Å². The summed E-state index contributed by atoms with van der Waals surface area (Å²) in [6.45, 7) is -2.82. The summed E-state index contributed by atoms with van der Waals surface area (Å²) in [5.74, 6) is -1.32. The van der Waals surface area contributed by atoms with E-state index < -0.39 is 43.3 Å². The highest BCUT2D eigenvalue weighted by Crippen LogP contribution is 2.39. The minimum atomic E-state index is -4.41. The van der Waals surface area contributed by atoms with E-state index in [9.17, 15) is 31.1 Å². The van der Waals surface area contributed by atoms with Crippen molar-refractivity contribution in [2.75, 3.05) is 5.32 Å². The second-order valence-corrected chi connectivity index (χ2v) is 7.61. The van der Waals surface area contributed by atoms with Crippen molar-refractivity contribution >= 4 is 23.1 Å². The molecule has 0 spiro atoms. The first kappa shape index (κ1) is 22.1. The van der Waals surface area contributed by atoms with Gasteiger partial charge in [0.05, 0.1) is 36.7 Å². The predicted molar refractivity (Wildman–Crippen MR) is 100 cm³/mol. The van der Waals surface area contributed by atoms with Gasteiger partial charge in [0.1, 0.15) is 5.69 Å². The predicted octanol–water partition coefficient (Wildman–Crippen LogP) is 4.44. The molecule has 1 saturated heterocycles. The van der Waals surface area contributed by atoms with E-state index in [4.69, 9.17) is 0 Å². The molecule has 1 fully saturated rings. The summed E-state index contributed by atoms with van der Waals surface area (Å²) in [5.41, 5.74) is 0.689. The minimum absolute atomic E-state index is 0.0111. The van der Waals surface area contributed by atoms with Crippen LogP contribution in [-0.4, -0.2) is 48.8 Å². The van der Waals surface area contributed by atoms with Crippen molar-refractivity contribution in [1.29, 1.82) is 0 Å². The Bertz CT molecular complexity index is 1040. The molecule has 4 heterocycles. The molecule has 2 bridgehead atoms. The highest BCUT2D eigenvalue weighted by atomic mass is 19.4. The molecule has 7 nitrogen and oxygen atoms in total. The summed E-state index contributed by atoms with van der Waals surface area (Å²) in [6.07, 6.45) is -0.0488. The number of carbonyl (C=O) groups excluding carboxylic acids is 1. The Morgan fingerprint density at radius 2 is 2.03 bits per heavy atom. The molecule has 1 N–H and O–H groups in total. The molecule has 32 heavy (non-hydrogen) atoms. The van der Waals surface area contributed by atoms with Gasteiger partial charge in [0.25, 0.3) is 0 Å². The van der Waals surface area contributed by atoms with Crippen LogP contribution >= 0.6 is 0 Å². The quantitative estimate of drug-likeness (QED) is 0.646. The van der Waals surface area contributed by atoms with E-state index in [1.165, 1.54) is 4.90 Å². The average Bonchev–Trinajstić information content (AvgIpc) is 3.29. The van der Waals surface area contributed by atoms with Gasteiger partial charge >= 0.3 is 12.7 Å². The van der Waals surface area contributed by atoms with Gasteiger partial charge in [0, 0.05) is 12.5 Å². The first-order chi connectivity index (χ1) is 15.1. The third-order valence-corrected chi connectivity index (χ3v) is 5.41. The maximum absolute atomic E-state index is 14.5. The van der Waals surface area contributed by atoms with Gasteiger partial charge in [-0.3, -0.25) is 4.79 Å². The van der Waals surface area contributed by atoms with Crippen molar-refractivity contribution in [2.24, 2.45) is 0 Å². The lowest BCUT2D eigenvalue weighted by molar-refractivity contribution is -0.150. The Labute approximate surface area is 178 Å². The van der Waals surface area contributed by atoms with Crippen LogP contribution in [0.4, 0.5) is 38.0 Å². The maximum Gasteiger partial charge on any atom is 0.389 e. The number of hydrogen-bond donors (Lipinski definition) is 1. The Kier molecular flexibility index (Phi) is 5.82. The van der Waals surface area contributed by atoms with Gasteiger partial charge in [-0.1, -0.05) is 6.08 Å². The number of nitrogens with zero attached hydrogens (tertiary/aromatic N) is 5. The Morgan fingerprint density at radius 1 is 1.25 bits per heavy atom. The lowest BCUT2D eigenvalue weighted by Gasteiger charge is -2.34. The second-order valence-electron chi connectivity index (χ2n) is 7.61. The molecular formula is C19H18F6N6O. The van der Waals surface area contributed by atoms with E-state index in [0.717, 1.165) is 18.6 Å². The molecular weight excluding hydrogens is 442 g/mol. The van der Waals surface area contributed by atoms with Gasteiger partial charge in [-0.2, -0.15) is 27.1 Å². The van der Waals surface area contributed by atoms with Crippen molar-refractivity contribution in [3.63, 3.8) is 0 Å². The standard InChI is InChI=1S/C19H18F6N6O/c20-14-8-26-18(28-11-7-27-30(9-11)17(21)22)29-16(14)10-5-12-1-2-13(6-10)31(12)15(32)3-4-19(23,24)25/h5,7-9,12-13,17H,1-4,6H2,(H,26,28,29). The molecule has 2 aliphatic heterocycles. The molecule has 4 rings (SSSR count). The number of hydrogen-bond acceptors (Lipinski definition) is 5. The normalized spacial score (nSPS) is 20.6. The summed E-state index contributed by atoms with van der Waals surface area (Å²) in [5, 5.41) is 6.16. The van der Waals surface area contributed by atoms with Crippen molar-refractivity contribution in [3.05, 3.63) is 36.2 Å². The third-order valence-electron chi connectivity index (χ3n) is 5.41. The monoisotopic (exact) mass is 460 g/mol. The maximum atomic E-state index is 14.5. The number of rotatable bonds is 6. The van der Waals surface area contributed by atoms with Crippen LogP contribution < -0.4 is 5.32 Å². The summed E-state index contributed by atoms with van der Waals surface area (Å²) in [4.78, 5) is 21.7. The van der Waals surface area contributed by atoms with E-state index in [2.05, 4.69) is 20.4 Å². The van der Waals surface area contributed by atoms with E-state index in [1.54, 1.807) is 6.08 Å². The van der Waals surface area contributed by atoms with E-state index in [-0.39, 0.29) is 29.8 Å². The lowest BCUT2D eigenvalue weighted by Crippen LogP contribution is -2.43. The first-order valence-corrected chi connectivity index (χ1v) is 9.81. The summed E-state index contributed by atoms with van der Waals surface area (Å²) in [7, 11) is 0. The fourth-order valence-electron chi connectivity index (χ4n) is 4.06. The van der Waals surface area contributed by atoms with Crippen molar-refractivity contribution < 1.29 is 31.1 Å². The molecule has 0 aliphatic carbocycles. The molecule has 0 radical (unpaired) electrons. The van der Waals surface area contributed by atoms with Gasteiger partial charge in [0.15, 0.2) is 5.82 Å². The van der Waals surface area contributed by atoms with Crippen LogP contribution in [0.25, 0.3) is 5.57 Å². The highest BCUT2D eigenvalue weighted by molar-refractivity contribution is 5.80. The van der Waals surface area contributed by atoms with Crippen LogP contribution in [0, 0.1) is 5.82 Å². The summed E-state index contributed by atoms with van der Waals surface area (Å²) < 4.78 is 77.6. The van der Waals surface area contributed by atoms with Crippen LogP contribution in [0.15, 0.2) is 24.7 Å². The molecule has 2 atom stereocenters. The number of halogens is 6. The molecule has 0 saturated carbocycles. The van der Waals surface area contributed by atoms with E-state index in [0.29, 0.717) is 23.1 Å². The molecule has 0 aromatic carbocycles. The molecule has 2 unspecified atom stereocenters. The third kappa shape index (κ3) is 4.70. The Morgan fingerprint density at radius 3 is 2.69 bits per heavy atom. The molecule has 1 amide bonds. The second kappa shape index (κ2) is 8.43. The SMILES string of the molecule is O=C(CCC(F)(F)F)N1C2C=C(c3nc(Nc4cnn(C(F)F)c4)ncc3F)CC1CC2. The van der Waals surface area contributed by atoms with Gasteiger partial charge in [-0.25, -0.2) is 19.0 Å². The fraction of sp³-hybridized carbons (Fsp3) is 0.474. The van der Waals surface area contributed by atoms with Gasteiger partial charge < -0.3 is 10.2 Å². The van der Waals surface area contributed by atoms with Crippen LogP contribution in [0.5, 0.6) is 0 Å². The largest absolute Gasteiger partial charge is 0.389 e. The van der Waals surface area contributed by atoms with Crippen molar-refractivity contribution in [3.8, 4) is 0 Å². The number of anilines is 2. The number of aromatic nitrogens is 4. The topological polar surface area (TPSA) is 75.9 Å². The van der Waals surface area contributed by atoms with Crippen LogP contribution in [0.1, 0.15) is 44.3 Å². The highest BCUT2D eigenvalue weighted by Gasteiger charge is 2.41. The smallest absolute Gasteiger partial charge is 0.333 e.